The van der Waals surface area contributed by atoms with Gasteiger partial charge in [-0.1, -0.05) is 17.7 Å². The van der Waals surface area contributed by atoms with Crippen LogP contribution in [-0.4, -0.2) is 24.1 Å². The lowest BCUT2D eigenvalue weighted by molar-refractivity contribution is -0.384. The Morgan fingerprint density at radius 2 is 1.77 bits per heavy atom. The van der Waals surface area contributed by atoms with Gasteiger partial charge in [0.25, 0.3) is 5.69 Å². The van der Waals surface area contributed by atoms with Crippen molar-refractivity contribution in [3.63, 3.8) is 0 Å². The fourth-order valence-electron chi connectivity index (χ4n) is 2.20. The summed E-state index contributed by atoms with van der Waals surface area (Å²) in [6.45, 7) is 4.71. The number of hydrogen-bond acceptors (Lipinski definition) is 6. The summed E-state index contributed by atoms with van der Waals surface area (Å²) in [5.74, 6) is 0.510. The summed E-state index contributed by atoms with van der Waals surface area (Å²) in [6.07, 6.45) is 0. The maximum atomic E-state index is 12.2. The molecule has 0 bridgehead atoms. The van der Waals surface area contributed by atoms with E-state index < -0.39 is 10.9 Å². The summed E-state index contributed by atoms with van der Waals surface area (Å²) in [5.41, 5.74) is 0.580. The standard InChI is InChI=1S/C18H18ClNO6/c1-3-24-16-8-5-12(9-17(16)25-4-2)11-26-18(21)14-7-6-13(20(22)23)10-15(14)19/h5-10H,3-4,11H2,1-2H3. The van der Waals surface area contributed by atoms with E-state index in [2.05, 4.69) is 0 Å². The summed E-state index contributed by atoms with van der Waals surface area (Å²) in [7, 11) is 0. The molecule has 0 spiro atoms. The average molecular weight is 380 g/mol. The van der Waals surface area contributed by atoms with Crippen LogP contribution in [0.2, 0.25) is 5.02 Å². The van der Waals surface area contributed by atoms with Gasteiger partial charge >= 0.3 is 5.97 Å². The van der Waals surface area contributed by atoms with Gasteiger partial charge in [-0.2, -0.15) is 0 Å². The van der Waals surface area contributed by atoms with Gasteiger partial charge in [0.2, 0.25) is 0 Å². The number of ether oxygens (including phenoxy) is 3. The molecule has 2 aromatic rings. The van der Waals surface area contributed by atoms with E-state index in [1.165, 1.54) is 12.1 Å². The lowest BCUT2D eigenvalue weighted by atomic mass is 10.2. The molecule has 0 N–H and O–H groups in total. The molecule has 0 aliphatic rings. The van der Waals surface area contributed by atoms with Crippen molar-refractivity contribution < 1.29 is 23.9 Å². The number of carbonyl (C=O) groups is 1. The highest BCUT2D eigenvalue weighted by Crippen LogP contribution is 2.29. The second kappa shape index (κ2) is 9.05. The molecule has 0 atom stereocenters. The van der Waals surface area contributed by atoms with Crippen molar-refractivity contribution >= 4 is 23.3 Å². The van der Waals surface area contributed by atoms with Crippen molar-refractivity contribution in [3.05, 3.63) is 62.7 Å². The molecule has 0 saturated heterocycles. The average Bonchev–Trinajstić information content (AvgIpc) is 2.61. The molecule has 7 nitrogen and oxygen atoms in total. The van der Waals surface area contributed by atoms with Gasteiger partial charge in [0.1, 0.15) is 6.61 Å². The summed E-state index contributed by atoms with van der Waals surface area (Å²) < 4.78 is 16.2. The topological polar surface area (TPSA) is 87.9 Å². The van der Waals surface area contributed by atoms with Gasteiger partial charge < -0.3 is 14.2 Å². The predicted molar refractivity (Wildman–Crippen MR) is 96.0 cm³/mol. The van der Waals surface area contributed by atoms with Gasteiger partial charge in [-0.15, -0.1) is 0 Å². The molecule has 26 heavy (non-hydrogen) atoms. The highest BCUT2D eigenvalue weighted by Gasteiger charge is 2.16. The van der Waals surface area contributed by atoms with Gasteiger partial charge in [0.15, 0.2) is 11.5 Å². The van der Waals surface area contributed by atoms with Crippen LogP contribution in [0.5, 0.6) is 11.5 Å². The number of esters is 1. The molecule has 0 radical (unpaired) electrons. The third-order valence-corrected chi connectivity index (χ3v) is 3.67. The molecule has 0 amide bonds. The molecule has 0 aliphatic carbocycles. The van der Waals surface area contributed by atoms with Gasteiger partial charge in [0.05, 0.1) is 28.7 Å². The SMILES string of the molecule is CCOc1ccc(COC(=O)c2ccc([N+](=O)[O-])cc2Cl)cc1OCC. The van der Waals surface area contributed by atoms with Crippen molar-refractivity contribution in [2.45, 2.75) is 20.5 Å². The van der Waals surface area contributed by atoms with Crippen LogP contribution >= 0.6 is 11.6 Å². The van der Waals surface area contributed by atoms with E-state index in [4.69, 9.17) is 25.8 Å². The van der Waals surface area contributed by atoms with Crippen molar-refractivity contribution in [2.75, 3.05) is 13.2 Å². The number of carbonyl (C=O) groups excluding carboxylic acids is 1. The van der Waals surface area contributed by atoms with Gasteiger partial charge in [0, 0.05) is 12.1 Å². The number of halogens is 1. The van der Waals surface area contributed by atoms with E-state index in [0.717, 1.165) is 6.07 Å². The minimum atomic E-state index is -0.670. The highest BCUT2D eigenvalue weighted by molar-refractivity contribution is 6.33. The zero-order valence-corrected chi connectivity index (χ0v) is 15.1. The Kier molecular flexibility index (Phi) is 6.80. The van der Waals surface area contributed by atoms with Gasteiger partial charge in [-0.3, -0.25) is 10.1 Å². The molecule has 0 aliphatic heterocycles. The lowest BCUT2D eigenvalue weighted by Gasteiger charge is -2.12. The first-order chi connectivity index (χ1) is 12.5. The number of benzene rings is 2. The summed E-state index contributed by atoms with van der Waals surface area (Å²) in [4.78, 5) is 22.3. The number of nitro benzene ring substituents is 1. The Morgan fingerprint density at radius 1 is 1.08 bits per heavy atom. The highest BCUT2D eigenvalue weighted by atomic mass is 35.5. The first-order valence-electron chi connectivity index (χ1n) is 7.95. The molecule has 0 fully saturated rings. The zero-order valence-electron chi connectivity index (χ0n) is 14.4. The third kappa shape index (κ3) is 4.86. The fraction of sp³-hybridized carbons (Fsp3) is 0.278. The molecule has 138 valence electrons. The van der Waals surface area contributed by atoms with E-state index >= 15 is 0 Å². The van der Waals surface area contributed by atoms with E-state index in [1.807, 2.05) is 13.8 Å². The number of non-ortho nitro benzene ring substituents is 1. The monoisotopic (exact) mass is 379 g/mol. The molecule has 0 heterocycles. The van der Waals surface area contributed by atoms with E-state index in [-0.39, 0.29) is 22.9 Å². The van der Waals surface area contributed by atoms with Crippen LogP contribution in [0.25, 0.3) is 0 Å². The summed E-state index contributed by atoms with van der Waals surface area (Å²) >= 11 is 5.93. The Morgan fingerprint density at radius 3 is 2.38 bits per heavy atom. The molecule has 0 aromatic heterocycles. The van der Waals surface area contributed by atoms with Gasteiger partial charge in [-0.05, 0) is 37.6 Å². The first-order valence-corrected chi connectivity index (χ1v) is 8.33. The number of nitrogens with zero attached hydrogens (tertiary/aromatic N) is 1. The van der Waals surface area contributed by atoms with Crippen LogP contribution in [0.3, 0.4) is 0 Å². The van der Waals surface area contributed by atoms with Gasteiger partial charge in [-0.25, -0.2) is 4.79 Å². The predicted octanol–water partition coefficient (Wildman–Crippen LogP) is 4.40. The second-order valence-corrected chi connectivity index (χ2v) is 5.55. The third-order valence-electron chi connectivity index (χ3n) is 3.36. The van der Waals surface area contributed by atoms with Crippen LogP contribution in [-0.2, 0) is 11.3 Å². The Balaban J connectivity index is 2.09. The first kappa shape index (κ1) is 19.5. The Hall–Kier alpha value is -2.80. The minimum Gasteiger partial charge on any atom is -0.490 e. The Bertz CT molecular complexity index is 808. The van der Waals surface area contributed by atoms with Crippen molar-refractivity contribution in [2.24, 2.45) is 0 Å². The van der Waals surface area contributed by atoms with Crippen molar-refractivity contribution in [1.82, 2.24) is 0 Å². The molecule has 2 aromatic carbocycles. The normalized spacial score (nSPS) is 10.3. The zero-order chi connectivity index (χ0) is 19.1. The maximum absolute atomic E-state index is 12.2. The minimum absolute atomic E-state index is 0.00136. The fourth-order valence-corrected chi connectivity index (χ4v) is 2.45. The van der Waals surface area contributed by atoms with Crippen molar-refractivity contribution in [3.8, 4) is 11.5 Å². The Labute approximate surface area is 155 Å². The summed E-state index contributed by atoms with van der Waals surface area (Å²) in [6, 6.07) is 8.83. The maximum Gasteiger partial charge on any atom is 0.339 e. The number of rotatable bonds is 8. The molecule has 8 heteroatoms. The van der Waals surface area contributed by atoms with E-state index in [1.54, 1.807) is 18.2 Å². The molecular formula is C18H18ClNO6. The van der Waals surface area contributed by atoms with Crippen LogP contribution in [0.1, 0.15) is 29.8 Å². The molecule has 0 saturated carbocycles. The number of nitro groups is 1. The smallest absolute Gasteiger partial charge is 0.339 e. The van der Waals surface area contributed by atoms with Crippen LogP contribution in [0.15, 0.2) is 36.4 Å². The lowest BCUT2D eigenvalue weighted by Crippen LogP contribution is -2.07. The molecule has 2 rings (SSSR count). The van der Waals surface area contributed by atoms with Crippen LogP contribution < -0.4 is 9.47 Å². The van der Waals surface area contributed by atoms with E-state index in [0.29, 0.717) is 30.3 Å². The largest absolute Gasteiger partial charge is 0.490 e. The van der Waals surface area contributed by atoms with Crippen molar-refractivity contribution in [1.29, 1.82) is 0 Å². The van der Waals surface area contributed by atoms with E-state index in [9.17, 15) is 14.9 Å². The molecule has 0 unspecified atom stereocenters. The quantitative estimate of drug-likeness (QED) is 0.383. The number of hydrogen-bond donors (Lipinski definition) is 0. The van der Waals surface area contributed by atoms with Crippen LogP contribution in [0.4, 0.5) is 5.69 Å². The summed E-state index contributed by atoms with van der Waals surface area (Å²) in [5, 5.41) is 10.7. The second-order valence-electron chi connectivity index (χ2n) is 5.14. The molecular weight excluding hydrogens is 362 g/mol. The van der Waals surface area contributed by atoms with Crippen LogP contribution in [0, 0.1) is 10.1 Å².